The number of ketones is 1. The van der Waals surface area contributed by atoms with E-state index in [1.165, 1.54) is 6.92 Å². The third-order valence-corrected chi connectivity index (χ3v) is 2.25. The molecular formula is C10H11ClO. The maximum absolute atomic E-state index is 10.9. The van der Waals surface area contributed by atoms with E-state index in [9.17, 15) is 4.79 Å². The van der Waals surface area contributed by atoms with Gasteiger partial charge >= 0.3 is 0 Å². The fourth-order valence-corrected chi connectivity index (χ4v) is 1.20. The first-order valence-electron chi connectivity index (χ1n) is 3.82. The fraction of sp³-hybridized carbons (Fsp3) is 0.300. The number of hydrogen-bond acceptors (Lipinski definition) is 1. The first-order chi connectivity index (χ1) is 5.61. The number of alkyl halides is 1. The Morgan fingerprint density at radius 1 is 1.50 bits per heavy atom. The van der Waals surface area contributed by atoms with Crippen LogP contribution in [0.1, 0.15) is 23.4 Å². The van der Waals surface area contributed by atoms with E-state index in [2.05, 4.69) is 0 Å². The van der Waals surface area contributed by atoms with Crippen molar-refractivity contribution in [3.63, 3.8) is 0 Å². The van der Waals surface area contributed by atoms with Gasteiger partial charge in [-0.05, 0) is 19.4 Å². The largest absolute Gasteiger partial charge is 0.298 e. The first-order valence-corrected chi connectivity index (χ1v) is 4.26. The summed E-state index contributed by atoms with van der Waals surface area (Å²) in [4.78, 5) is 10.9. The predicted octanol–water partition coefficient (Wildman–Crippen LogP) is 2.86. The molecule has 1 rings (SSSR count). The molecule has 0 radical (unpaired) electrons. The van der Waals surface area contributed by atoms with Crippen LogP contribution in [0.25, 0.3) is 0 Å². The Balaban J connectivity index is 2.95. The van der Waals surface area contributed by atoms with Crippen molar-refractivity contribution in [2.75, 3.05) is 0 Å². The van der Waals surface area contributed by atoms with E-state index in [0.717, 1.165) is 11.1 Å². The van der Waals surface area contributed by atoms with Crippen molar-refractivity contribution in [3.05, 3.63) is 35.4 Å². The molecule has 0 N–H and O–H groups in total. The van der Waals surface area contributed by atoms with Gasteiger partial charge in [-0.2, -0.15) is 0 Å². The number of hydrogen-bond donors (Lipinski definition) is 0. The van der Waals surface area contributed by atoms with Crippen molar-refractivity contribution in [3.8, 4) is 0 Å². The average Bonchev–Trinajstić information content (AvgIpc) is 2.03. The monoisotopic (exact) mass is 182 g/mol. The molecule has 0 saturated carbocycles. The van der Waals surface area contributed by atoms with E-state index in [0.29, 0.717) is 0 Å². The SMILES string of the molecule is CC(=O)C(Cl)c1cccc(C)c1. The van der Waals surface area contributed by atoms with E-state index in [4.69, 9.17) is 11.6 Å². The highest BCUT2D eigenvalue weighted by atomic mass is 35.5. The first kappa shape index (κ1) is 9.27. The van der Waals surface area contributed by atoms with Gasteiger partial charge in [-0.3, -0.25) is 4.79 Å². The molecule has 0 aliphatic carbocycles. The molecule has 1 aromatic rings. The van der Waals surface area contributed by atoms with Gasteiger partial charge in [-0.25, -0.2) is 0 Å². The Kier molecular flexibility index (Phi) is 2.88. The van der Waals surface area contributed by atoms with Crippen molar-refractivity contribution in [2.24, 2.45) is 0 Å². The topological polar surface area (TPSA) is 17.1 Å². The lowest BCUT2D eigenvalue weighted by molar-refractivity contribution is -0.116. The molecule has 0 aliphatic rings. The standard InChI is InChI=1S/C10H11ClO/c1-7-4-3-5-9(6-7)10(11)8(2)12/h3-6,10H,1-2H3. The van der Waals surface area contributed by atoms with Crippen molar-refractivity contribution in [1.82, 2.24) is 0 Å². The molecule has 0 aliphatic heterocycles. The summed E-state index contributed by atoms with van der Waals surface area (Å²) in [6.07, 6.45) is 0. The number of aryl methyl sites for hydroxylation is 1. The minimum absolute atomic E-state index is 0.0118. The summed E-state index contributed by atoms with van der Waals surface area (Å²) >= 11 is 5.86. The second-order valence-electron chi connectivity index (χ2n) is 2.89. The number of halogens is 1. The minimum atomic E-state index is -0.495. The Hall–Kier alpha value is -0.820. The Morgan fingerprint density at radius 3 is 2.67 bits per heavy atom. The zero-order chi connectivity index (χ0) is 9.14. The second-order valence-corrected chi connectivity index (χ2v) is 3.32. The van der Waals surface area contributed by atoms with E-state index < -0.39 is 5.38 Å². The predicted molar refractivity (Wildman–Crippen MR) is 50.5 cm³/mol. The molecule has 1 unspecified atom stereocenters. The van der Waals surface area contributed by atoms with Crippen LogP contribution in [0.2, 0.25) is 0 Å². The molecule has 1 aromatic carbocycles. The van der Waals surface area contributed by atoms with Crippen LogP contribution >= 0.6 is 11.6 Å². The number of benzene rings is 1. The minimum Gasteiger partial charge on any atom is -0.298 e. The van der Waals surface area contributed by atoms with E-state index >= 15 is 0 Å². The van der Waals surface area contributed by atoms with Gasteiger partial charge in [0.2, 0.25) is 0 Å². The Bertz CT molecular complexity index is 294. The van der Waals surface area contributed by atoms with Gasteiger partial charge in [0.15, 0.2) is 5.78 Å². The fourth-order valence-electron chi connectivity index (χ4n) is 1.06. The normalized spacial score (nSPS) is 12.6. The number of carbonyl (C=O) groups is 1. The summed E-state index contributed by atoms with van der Waals surface area (Å²) in [6, 6.07) is 7.68. The summed E-state index contributed by atoms with van der Waals surface area (Å²) in [6.45, 7) is 3.48. The molecular weight excluding hydrogens is 172 g/mol. The van der Waals surface area contributed by atoms with Crippen molar-refractivity contribution < 1.29 is 4.79 Å². The summed E-state index contributed by atoms with van der Waals surface area (Å²) in [7, 11) is 0. The molecule has 0 saturated heterocycles. The van der Waals surface area contributed by atoms with Gasteiger partial charge in [0.05, 0.1) is 0 Å². The van der Waals surface area contributed by atoms with Gasteiger partial charge in [0, 0.05) is 0 Å². The number of carbonyl (C=O) groups excluding carboxylic acids is 1. The lowest BCUT2D eigenvalue weighted by Gasteiger charge is -2.05. The molecule has 0 aromatic heterocycles. The number of Topliss-reactive ketones (excluding diaryl/α,β-unsaturated/α-hetero) is 1. The summed E-state index contributed by atoms with van der Waals surface area (Å²) in [5.74, 6) is -0.0118. The molecule has 0 fully saturated rings. The van der Waals surface area contributed by atoms with E-state index in [1.807, 2.05) is 31.2 Å². The van der Waals surface area contributed by atoms with Crippen LogP contribution in [0.15, 0.2) is 24.3 Å². The van der Waals surface area contributed by atoms with Crippen molar-refractivity contribution >= 4 is 17.4 Å². The quantitative estimate of drug-likeness (QED) is 0.643. The summed E-state index contributed by atoms with van der Waals surface area (Å²) < 4.78 is 0. The van der Waals surface area contributed by atoms with Gasteiger partial charge in [0.25, 0.3) is 0 Å². The van der Waals surface area contributed by atoms with Gasteiger partial charge in [0.1, 0.15) is 5.38 Å². The van der Waals surface area contributed by atoms with Crippen molar-refractivity contribution in [1.29, 1.82) is 0 Å². The van der Waals surface area contributed by atoms with Crippen LogP contribution in [-0.4, -0.2) is 5.78 Å². The lowest BCUT2D eigenvalue weighted by Crippen LogP contribution is -2.01. The molecule has 64 valence electrons. The molecule has 2 heteroatoms. The van der Waals surface area contributed by atoms with Crippen LogP contribution in [0.3, 0.4) is 0 Å². The molecule has 0 amide bonds. The third-order valence-electron chi connectivity index (χ3n) is 1.69. The van der Waals surface area contributed by atoms with Gasteiger partial charge in [-0.1, -0.05) is 29.8 Å². The van der Waals surface area contributed by atoms with Gasteiger partial charge < -0.3 is 0 Å². The zero-order valence-corrected chi connectivity index (χ0v) is 7.93. The van der Waals surface area contributed by atoms with E-state index in [-0.39, 0.29) is 5.78 Å². The highest BCUT2D eigenvalue weighted by molar-refractivity contribution is 6.30. The molecule has 1 atom stereocenters. The maximum atomic E-state index is 10.9. The number of rotatable bonds is 2. The van der Waals surface area contributed by atoms with Gasteiger partial charge in [-0.15, -0.1) is 11.6 Å². The summed E-state index contributed by atoms with van der Waals surface area (Å²) in [5.41, 5.74) is 2.00. The van der Waals surface area contributed by atoms with Crippen LogP contribution in [-0.2, 0) is 4.79 Å². The van der Waals surface area contributed by atoms with Crippen LogP contribution in [0, 0.1) is 6.92 Å². The lowest BCUT2D eigenvalue weighted by atomic mass is 10.1. The molecule has 1 nitrogen and oxygen atoms in total. The highest BCUT2D eigenvalue weighted by Crippen LogP contribution is 2.21. The molecule has 0 spiro atoms. The van der Waals surface area contributed by atoms with Crippen LogP contribution in [0.5, 0.6) is 0 Å². The summed E-state index contributed by atoms with van der Waals surface area (Å²) in [5, 5.41) is -0.495. The Labute approximate surface area is 77.4 Å². The second kappa shape index (κ2) is 3.72. The van der Waals surface area contributed by atoms with Crippen LogP contribution < -0.4 is 0 Å². The van der Waals surface area contributed by atoms with Crippen LogP contribution in [0.4, 0.5) is 0 Å². The Morgan fingerprint density at radius 2 is 2.17 bits per heavy atom. The highest BCUT2D eigenvalue weighted by Gasteiger charge is 2.11. The molecule has 0 bridgehead atoms. The zero-order valence-electron chi connectivity index (χ0n) is 7.17. The average molecular weight is 183 g/mol. The van der Waals surface area contributed by atoms with E-state index in [1.54, 1.807) is 0 Å². The third kappa shape index (κ3) is 2.08. The maximum Gasteiger partial charge on any atom is 0.152 e. The smallest absolute Gasteiger partial charge is 0.152 e. The van der Waals surface area contributed by atoms with Crippen molar-refractivity contribution in [2.45, 2.75) is 19.2 Å². The molecule has 0 heterocycles. The molecule has 12 heavy (non-hydrogen) atoms.